The van der Waals surface area contributed by atoms with Gasteiger partial charge in [-0.05, 0) is 56.7 Å². The first-order valence-corrected chi connectivity index (χ1v) is 11.2. The van der Waals surface area contributed by atoms with Crippen LogP contribution in [0, 0.1) is 0 Å². The van der Waals surface area contributed by atoms with Gasteiger partial charge in [-0.15, -0.1) is 0 Å². The molecule has 1 heterocycles. The molecule has 0 saturated carbocycles. The Morgan fingerprint density at radius 2 is 1.18 bits per heavy atom. The summed E-state index contributed by atoms with van der Waals surface area (Å²) in [5, 5.41) is 0. The summed E-state index contributed by atoms with van der Waals surface area (Å²) < 4.78 is 31.6. The fraction of sp³-hybridized carbons (Fsp3) is 0.455. The van der Waals surface area contributed by atoms with Gasteiger partial charge < -0.3 is 4.90 Å². The number of hydrogen-bond acceptors (Lipinski definition) is 3. The Balaban J connectivity index is 0.000000500. The first-order chi connectivity index (χ1) is 13.3. The molecule has 0 amide bonds. The molecule has 0 aliphatic carbocycles. The average molecular weight is 406 g/mol. The maximum absolute atomic E-state index is 8.74. The van der Waals surface area contributed by atoms with E-state index in [1.807, 2.05) is 0 Å². The first kappa shape index (κ1) is 22.6. The lowest BCUT2D eigenvalue weighted by Gasteiger charge is -2.40. The molecule has 1 fully saturated rings. The minimum atomic E-state index is -4.67. The number of benzene rings is 2. The standard InChI is InChI=1S/C22H29N.H2O4S/c1-23-21(17-15-19-9-4-2-5-10-19)13-8-14-22(23)18-16-20-11-6-3-7-12-20;1-5(2,3)4/h2-7,9-12,21-22H,8,13-18H2,1H3;(H2,1,2,3,4)/t21-,22+;. The number of likely N-dealkylation sites (tertiary alicyclic amines) is 1. The molecule has 5 nitrogen and oxygen atoms in total. The van der Waals surface area contributed by atoms with Gasteiger partial charge in [-0.2, -0.15) is 8.42 Å². The van der Waals surface area contributed by atoms with Crippen LogP contribution in [0.1, 0.15) is 43.2 Å². The molecule has 3 rings (SSSR count). The number of piperidine rings is 1. The third-order valence-corrected chi connectivity index (χ3v) is 5.44. The third-order valence-electron chi connectivity index (χ3n) is 5.44. The molecular formula is C22H31NO4S. The van der Waals surface area contributed by atoms with E-state index in [4.69, 9.17) is 17.5 Å². The summed E-state index contributed by atoms with van der Waals surface area (Å²) in [6, 6.07) is 23.4. The minimum absolute atomic E-state index is 0.754. The van der Waals surface area contributed by atoms with Crippen LogP contribution >= 0.6 is 0 Å². The quantitative estimate of drug-likeness (QED) is 0.694. The number of nitrogens with zero attached hydrogens (tertiary/aromatic N) is 1. The van der Waals surface area contributed by atoms with Crippen LogP contribution in [0.4, 0.5) is 0 Å². The van der Waals surface area contributed by atoms with E-state index in [-0.39, 0.29) is 0 Å². The summed E-state index contributed by atoms with van der Waals surface area (Å²) >= 11 is 0. The molecule has 2 aromatic rings. The van der Waals surface area contributed by atoms with Gasteiger partial charge in [0.15, 0.2) is 0 Å². The van der Waals surface area contributed by atoms with E-state index in [1.54, 1.807) is 0 Å². The third kappa shape index (κ3) is 8.97. The van der Waals surface area contributed by atoms with Crippen molar-refractivity contribution >= 4 is 10.4 Å². The maximum atomic E-state index is 8.74. The molecule has 28 heavy (non-hydrogen) atoms. The van der Waals surface area contributed by atoms with Crippen molar-refractivity contribution in [2.45, 2.75) is 57.0 Å². The highest BCUT2D eigenvalue weighted by molar-refractivity contribution is 7.79. The van der Waals surface area contributed by atoms with E-state index in [0.29, 0.717) is 0 Å². The van der Waals surface area contributed by atoms with Crippen molar-refractivity contribution in [3.05, 3.63) is 71.8 Å². The molecule has 2 atom stereocenters. The van der Waals surface area contributed by atoms with Crippen LogP contribution in [0.3, 0.4) is 0 Å². The topological polar surface area (TPSA) is 77.8 Å². The van der Waals surface area contributed by atoms with Gasteiger partial charge in [0.2, 0.25) is 0 Å². The number of aryl methyl sites for hydroxylation is 2. The van der Waals surface area contributed by atoms with E-state index in [9.17, 15) is 0 Å². The molecule has 1 saturated heterocycles. The second-order valence-corrected chi connectivity index (χ2v) is 8.30. The number of rotatable bonds is 6. The lowest BCUT2D eigenvalue weighted by molar-refractivity contribution is 0.103. The molecule has 0 spiro atoms. The monoisotopic (exact) mass is 405 g/mol. The van der Waals surface area contributed by atoms with E-state index >= 15 is 0 Å². The van der Waals surface area contributed by atoms with Gasteiger partial charge in [-0.25, -0.2) is 0 Å². The Labute approximate surface area is 169 Å². The van der Waals surface area contributed by atoms with Crippen LogP contribution in [-0.4, -0.2) is 41.6 Å². The van der Waals surface area contributed by atoms with E-state index in [2.05, 4.69) is 72.6 Å². The van der Waals surface area contributed by atoms with Crippen LogP contribution < -0.4 is 0 Å². The highest BCUT2D eigenvalue weighted by Crippen LogP contribution is 2.27. The predicted molar refractivity (Wildman–Crippen MR) is 113 cm³/mol. The van der Waals surface area contributed by atoms with Crippen molar-refractivity contribution in [1.29, 1.82) is 0 Å². The first-order valence-electron chi connectivity index (χ1n) is 9.82. The summed E-state index contributed by atoms with van der Waals surface area (Å²) in [7, 11) is -2.31. The highest BCUT2D eigenvalue weighted by atomic mass is 32.3. The number of hydrogen-bond donors (Lipinski definition) is 2. The zero-order valence-corrected chi connectivity index (χ0v) is 17.3. The predicted octanol–water partition coefficient (Wildman–Crippen LogP) is 4.45. The Bertz CT molecular complexity index is 721. The van der Waals surface area contributed by atoms with Crippen LogP contribution in [-0.2, 0) is 23.2 Å². The van der Waals surface area contributed by atoms with Crippen molar-refractivity contribution in [2.24, 2.45) is 0 Å². The molecule has 0 unspecified atom stereocenters. The molecule has 2 aromatic carbocycles. The van der Waals surface area contributed by atoms with Gasteiger partial charge >= 0.3 is 10.4 Å². The summed E-state index contributed by atoms with van der Waals surface area (Å²) in [5.74, 6) is 0. The fourth-order valence-corrected chi connectivity index (χ4v) is 3.95. The molecule has 1 aliphatic rings. The van der Waals surface area contributed by atoms with Crippen molar-refractivity contribution < 1.29 is 17.5 Å². The van der Waals surface area contributed by atoms with Crippen molar-refractivity contribution in [2.75, 3.05) is 7.05 Å². The van der Waals surface area contributed by atoms with Crippen molar-refractivity contribution in [3.8, 4) is 0 Å². The fourth-order valence-electron chi connectivity index (χ4n) is 3.95. The lowest BCUT2D eigenvalue weighted by Crippen LogP contribution is -2.44. The van der Waals surface area contributed by atoms with Crippen molar-refractivity contribution in [1.82, 2.24) is 4.90 Å². The largest absolute Gasteiger partial charge is 0.394 e. The van der Waals surface area contributed by atoms with Crippen LogP contribution in [0.15, 0.2) is 60.7 Å². The smallest absolute Gasteiger partial charge is 0.300 e. The zero-order valence-electron chi connectivity index (χ0n) is 16.4. The lowest BCUT2D eigenvalue weighted by atomic mass is 9.89. The SMILES string of the molecule is CN1[C@@H](CCc2ccccc2)CCC[C@H]1CCc1ccccc1.O=S(=O)(O)O. The summed E-state index contributed by atoms with van der Waals surface area (Å²) in [4.78, 5) is 2.68. The van der Waals surface area contributed by atoms with Crippen LogP contribution in [0.5, 0.6) is 0 Å². The zero-order chi connectivity index (χ0) is 20.4. The average Bonchev–Trinajstić information content (AvgIpc) is 2.66. The normalized spacial score (nSPS) is 20.2. The maximum Gasteiger partial charge on any atom is 0.394 e. The second kappa shape index (κ2) is 11.3. The van der Waals surface area contributed by atoms with Gasteiger partial charge in [0, 0.05) is 12.1 Å². The van der Waals surface area contributed by atoms with E-state index < -0.39 is 10.4 Å². The van der Waals surface area contributed by atoms with Crippen LogP contribution in [0.2, 0.25) is 0 Å². The van der Waals surface area contributed by atoms with Gasteiger partial charge in [0.1, 0.15) is 0 Å². The summed E-state index contributed by atoms with van der Waals surface area (Å²) in [6.45, 7) is 0. The van der Waals surface area contributed by atoms with Gasteiger partial charge in [0.05, 0.1) is 0 Å². The van der Waals surface area contributed by atoms with Crippen molar-refractivity contribution in [3.63, 3.8) is 0 Å². The molecule has 0 radical (unpaired) electrons. The summed E-state index contributed by atoms with van der Waals surface area (Å²) in [5.41, 5.74) is 2.96. The Morgan fingerprint density at radius 3 is 1.54 bits per heavy atom. The van der Waals surface area contributed by atoms with Gasteiger partial charge in [-0.1, -0.05) is 67.1 Å². The van der Waals surface area contributed by atoms with Gasteiger partial charge in [0.25, 0.3) is 0 Å². The second-order valence-electron chi connectivity index (χ2n) is 7.40. The highest BCUT2D eigenvalue weighted by Gasteiger charge is 2.26. The molecule has 0 aromatic heterocycles. The molecule has 2 N–H and O–H groups in total. The molecule has 6 heteroatoms. The van der Waals surface area contributed by atoms with E-state index in [1.165, 1.54) is 56.1 Å². The summed E-state index contributed by atoms with van der Waals surface area (Å²) in [6.07, 6.45) is 9.13. The molecule has 154 valence electrons. The Kier molecular flexibility index (Phi) is 9.12. The van der Waals surface area contributed by atoms with Gasteiger partial charge in [-0.3, -0.25) is 9.11 Å². The Hall–Kier alpha value is -1.73. The molecule has 1 aliphatic heterocycles. The van der Waals surface area contributed by atoms with Crippen LogP contribution in [0.25, 0.3) is 0 Å². The minimum Gasteiger partial charge on any atom is -0.300 e. The molecule has 0 bridgehead atoms. The molecular weight excluding hydrogens is 374 g/mol. The van der Waals surface area contributed by atoms with E-state index in [0.717, 1.165) is 12.1 Å². The Morgan fingerprint density at radius 1 is 0.821 bits per heavy atom.